The first-order valence-corrected chi connectivity index (χ1v) is 6.01. The lowest BCUT2D eigenvalue weighted by molar-refractivity contribution is -0.386. The molecule has 0 atom stereocenters. The van der Waals surface area contributed by atoms with E-state index in [1.165, 1.54) is 18.0 Å². The van der Waals surface area contributed by atoms with Gasteiger partial charge in [-0.15, -0.1) is 0 Å². The fourth-order valence-electron chi connectivity index (χ4n) is 1.42. The van der Waals surface area contributed by atoms with Crippen LogP contribution in [0.2, 0.25) is 0 Å². The van der Waals surface area contributed by atoms with Crippen LogP contribution in [0.1, 0.15) is 16.8 Å². The molecule has 0 saturated heterocycles. The average molecular weight is 242 g/mol. The average Bonchev–Trinajstić information content (AvgIpc) is 2.21. The molecule has 0 unspecified atom stereocenters. The lowest BCUT2D eigenvalue weighted by Crippen LogP contribution is -2.01. The number of nitrogens with zero attached hydrogens (tertiary/aromatic N) is 2. The zero-order chi connectivity index (χ0) is 12.1. The van der Waals surface area contributed by atoms with Crippen molar-refractivity contribution in [3.8, 4) is 0 Å². The van der Waals surface area contributed by atoms with E-state index in [0.717, 1.165) is 5.69 Å². The molecule has 0 amide bonds. The van der Waals surface area contributed by atoms with Gasteiger partial charge in [0.05, 0.1) is 17.2 Å². The Hall–Kier alpha value is -1.14. The lowest BCUT2D eigenvalue weighted by Gasteiger charge is -2.06. The summed E-state index contributed by atoms with van der Waals surface area (Å²) in [5, 5.41) is 19.5. The monoisotopic (exact) mass is 242 g/mol. The summed E-state index contributed by atoms with van der Waals surface area (Å²) in [6, 6.07) is 0. The maximum absolute atomic E-state index is 10.9. The van der Waals surface area contributed by atoms with E-state index in [9.17, 15) is 10.1 Å². The first-order chi connectivity index (χ1) is 7.57. The first kappa shape index (κ1) is 12.9. The summed E-state index contributed by atoms with van der Waals surface area (Å²) in [6.07, 6.45) is 1.53. The van der Waals surface area contributed by atoms with E-state index in [2.05, 4.69) is 4.98 Å². The van der Waals surface area contributed by atoms with Crippen LogP contribution in [0.5, 0.6) is 0 Å². The molecular formula is C10H14N2O3S. The topological polar surface area (TPSA) is 76.3 Å². The zero-order valence-corrected chi connectivity index (χ0v) is 10.1. The SMILES string of the molecule is Cc1cnc(CSCCO)c(C)c1[N+](=O)[O-]. The Balaban J connectivity index is 2.95. The predicted molar refractivity (Wildman–Crippen MR) is 63.6 cm³/mol. The third-order valence-corrected chi connectivity index (χ3v) is 3.18. The van der Waals surface area contributed by atoms with Crippen molar-refractivity contribution >= 4 is 17.4 Å². The summed E-state index contributed by atoms with van der Waals surface area (Å²) in [6.45, 7) is 3.51. The molecule has 0 bridgehead atoms. The van der Waals surface area contributed by atoms with Gasteiger partial charge in [-0.05, 0) is 13.8 Å². The van der Waals surface area contributed by atoms with Crippen molar-refractivity contribution in [2.45, 2.75) is 19.6 Å². The number of aliphatic hydroxyl groups excluding tert-OH is 1. The van der Waals surface area contributed by atoms with Gasteiger partial charge in [-0.1, -0.05) is 0 Å². The number of thioether (sulfide) groups is 1. The molecule has 1 heterocycles. The number of aliphatic hydroxyl groups is 1. The van der Waals surface area contributed by atoms with Crippen molar-refractivity contribution in [2.75, 3.05) is 12.4 Å². The van der Waals surface area contributed by atoms with Crippen molar-refractivity contribution in [3.63, 3.8) is 0 Å². The molecule has 0 saturated carbocycles. The van der Waals surface area contributed by atoms with Gasteiger partial charge in [-0.3, -0.25) is 15.1 Å². The third-order valence-electron chi connectivity index (χ3n) is 2.23. The van der Waals surface area contributed by atoms with Crippen LogP contribution in [0.3, 0.4) is 0 Å². The Morgan fingerprint density at radius 3 is 2.81 bits per heavy atom. The summed E-state index contributed by atoms with van der Waals surface area (Å²) >= 11 is 1.51. The third kappa shape index (κ3) is 2.93. The zero-order valence-electron chi connectivity index (χ0n) is 9.27. The number of aryl methyl sites for hydroxylation is 1. The summed E-state index contributed by atoms with van der Waals surface area (Å²) < 4.78 is 0. The molecule has 16 heavy (non-hydrogen) atoms. The summed E-state index contributed by atoms with van der Waals surface area (Å²) in [5.41, 5.74) is 2.07. The van der Waals surface area contributed by atoms with Crippen LogP contribution in [0, 0.1) is 24.0 Å². The Labute approximate surface area is 98.0 Å². The van der Waals surface area contributed by atoms with Crippen LogP contribution < -0.4 is 0 Å². The minimum Gasteiger partial charge on any atom is -0.396 e. The van der Waals surface area contributed by atoms with Gasteiger partial charge in [-0.2, -0.15) is 11.8 Å². The Bertz CT molecular complexity index is 396. The summed E-state index contributed by atoms with van der Waals surface area (Å²) in [5.74, 6) is 1.20. The number of pyridine rings is 1. The number of hydrogen-bond acceptors (Lipinski definition) is 5. The van der Waals surface area contributed by atoms with E-state index in [4.69, 9.17) is 5.11 Å². The quantitative estimate of drug-likeness (QED) is 0.484. The molecule has 0 aromatic carbocycles. The molecular weight excluding hydrogens is 228 g/mol. The largest absolute Gasteiger partial charge is 0.396 e. The van der Waals surface area contributed by atoms with Crippen molar-refractivity contribution < 1.29 is 10.0 Å². The van der Waals surface area contributed by atoms with Crippen LogP contribution in [0.25, 0.3) is 0 Å². The van der Waals surface area contributed by atoms with Gasteiger partial charge in [-0.25, -0.2) is 0 Å². The fourth-order valence-corrected chi connectivity index (χ4v) is 2.18. The maximum Gasteiger partial charge on any atom is 0.278 e. The molecule has 0 aliphatic rings. The number of rotatable bonds is 5. The highest BCUT2D eigenvalue weighted by Gasteiger charge is 2.18. The minimum atomic E-state index is -0.368. The molecule has 0 fully saturated rings. The maximum atomic E-state index is 10.9. The van der Waals surface area contributed by atoms with E-state index < -0.39 is 0 Å². The molecule has 88 valence electrons. The molecule has 1 N–H and O–H groups in total. The summed E-state index contributed by atoms with van der Waals surface area (Å²) in [4.78, 5) is 14.7. The highest BCUT2D eigenvalue weighted by Crippen LogP contribution is 2.26. The Morgan fingerprint density at radius 2 is 2.25 bits per heavy atom. The van der Waals surface area contributed by atoms with Crippen molar-refractivity contribution in [1.29, 1.82) is 0 Å². The van der Waals surface area contributed by atoms with Crippen molar-refractivity contribution in [2.24, 2.45) is 0 Å². The van der Waals surface area contributed by atoms with Gasteiger partial charge in [0.2, 0.25) is 0 Å². The second-order valence-electron chi connectivity index (χ2n) is 3.39. The molecule has 1 aromatic heterocycles. The molecule has 6 heteroatoms. The normalized spacial score (nSPS) is 10.4. The molecule has 0 spiro atoms. The van der Waals surface area contributed by atoms with Crippen LogP contribution in [-0.2, 0) is 5.75 Å². The fraction of sp³-hybridized carbons (Fsp3) is 0.500. The molecule has 0 aliphatic heterocycles. The Kier molecular flexibility index (Phi) is 4.70. The molecule has 1 rings (SSSR count). The van der Waals surface area contributed by atoms with E-state index in [-0.39, 0.29) is 17.2 Å². The van der Waals surface area contributed by atoms with Gasteiger partial charge >= 0.3 is 0 Å². The number of aromatic nitrogens is 1. The molecule has 0 aliphatic carbocycles. The highest BCUT2D eigenvalue weighted by atomic mass is 32.2. The second kappa shape index (κ2) is 5.81. The van der Waals surface area contributed by atoms with Gasteiger partial charge in [0.1, 0.15) is 0 Å². The van der Waals surface area contributed by atoms with Crippen molar-refractivity contribution in [1.82, 2.24) is 4.98 Å². The molecule has 1 aromatic rings. The molecule has 0 radical (unpaired) electrons. The smallest absolute Gasteiger partial charge is 0.278 e. The minimum absolute atomic E-state index is 0.109. The number of hydrogen-bond donors (Lipinski definition) is 1. The predicted octanol–water partition coefficient (Wildman–Crippen LogP) is 1.83. The standard InChI is InChI=1S/C10H14N2O3S/c1-7-5-11-9(6-16-4-3-13)8(2)10(7)12(14)15/h5,13H,3-4,6H2,1-2H3. The van der Waals surface area contributed by atoms with Crippen LogP contribution in [0.15, 0.2) is 6.20 Å². The second-order valence-corrected chi connectivity index (χ2v) is 4.50. The highest BCUT2D eigenvalue weighted by molar-refractivity contribution is 7.98. The molecule has 5 nitrogen and oxygen atoms in total. The lowest BCUT2D eigenvalue weighted by atomic mass is 10.1. The van der Waals surface area contributed by atoms with Gasteiger partial charge in [0.25, 0.3) is 5.69 Å². The Morgan fingerprint density at radius 1 is 1.56 bits per heavy atom. The van der Waals surface area contributed by atoms with Crippen LogP contribution in [-0.4, -0.2) is 27.4 Å². The van der Waals surface area contributed by atoms with E-state index in [1.54, 1.807) is 13.8 Å². The van der Waals surface area contributed by atoms with E-state index in [1.807, 2.05) is 0 Å². The van der Waals surface area contributed by atoms with Crippen molar-refractivity contribution in [3.05, 3.63) is 33.1 Å². The van der Waals surface area contributed by atoms with E-state index in [0.29, 0.717) is 22.6 Å². The van der Waals surface area contributed by atoms with Gasteiger partial charge < -0.3 is 5.11 Å². The van der Waals surface area contributed by atoms with Crippen LogP contribution in [0.4, 0.5) is 5.69 Å². The van der Waals surface area contributed by atoms with E-state index >= 15 is 0 Å². The van der Waals surface area contributed by atoms with Gasteiger partial charge in [0.15, 0.2) is 0 Å². The van der Waals surface area contributed by atoms with Crippen LogP contribution >= 0.6 is 11.8 Å². The number of nitro groups is 1. The first-order valence-electron chi connectivity index (χ1n) is 4.86. The van der Waals surface area contributed by atoms with Gasteiger partial charge in [0, 0.05) is 28.8 Å². The summed E-state index contributed by atoms with van der Waals surface area (Å²) in [7, 11) is 0.